The van der Waals surface area contributed by atoms with Crippen molar-refractivity contribution in [2.45, 2.75) is 37.1 Å². The molecule has 0 radical (unpaired) electrons. The molecule has 1 fully saturated rings. The average molecular weight is 495 g/mol. The number of halogens is 1. The number of fused-ring (bicyclic) bond motifs is 1. The van der Waals surface area contributed by atoms with Gasteiger partial charge in [-0.3, -0.25) is 15.6 Å². The van der Waals surface area contributed by atoms with Gasteiger partial charge in [-0.05, 0) is 56.2 Å². The molecule has 0 bridgehead atoms. The maximum absolute atomic E-state index is 12.9. The lowest BCUT2D eigenvalue weighted by Crippen LogP contribution is -2.41. The molecule has 0 aliphatic carbocycles. The molecule has 1 atom stereocenters. The summed E-state index contributed by atoms with van der Waals surface area (Å²) in [6, 6.07) is 9.35. The molecule has 1 aliphatic rings. The zero-order chi connectivity index (χ0) is 22.9. The first-order valence-electron chi connectivity index (χ1n) is 10.1. The highest BCUT2D eigenvalue weighted by atomic mass is 35.5. The number of nitrogens with one attached hydrogen (secondary N) is 2. The van der Waals surface area contributed by atoms with E-state index in [0.717, 1.165) is 24.0 Å². The number of aromatic nitrogens is 1. The number of carbonyl (C=O) groups excluding carboxylic acids is 1. The van der Waals surface area contributed by atoms with Crippen molar-refractivity contribution in [3.63, 3.8) is 0 Å². The SMILES string of the molecule is COc1ccc(Cl)c2sc(NNC(=O)c3ccc(S(=O)(=O)N4CCCCC4C)cc3)nc12. The number of piperidine rings is 1. The molecule has 4 rings (SSSR count). The molecule has 1 aromatic heterocycles. The minimum atomic E-state index is -3.58. The number of thiazole rings is 1. The van der Waals surface area contributed by atoms with Crippen molar-refractivity contribution in [2.75, 3.05) is 19.1 Å². The molecule has 2 N–H and O–H groups in total. The Bertz CT molecular complexity index is 1240. The molecule has 0 saturated carbocycles. The molecule has 1 aliphatic heterocycles. The van der Waals surface area contributed by atoms with Crippen molar-refractivity contribution in [3.8, 4) is 5.75 Å². The predicted molar refractivity (Wildman–Crippen MR) is 126 cm³/mol. The summed E-state index contributed by atoms with van der Waals surface area (Å²) in [7, 11) is -2.03. The van der Waals surface area contributed by atoms with Gasteiger partial charge in [0.15, 0.2) is 0 Å². The van der Waals surface area contributed by atoms with Crippen molar-refractivity contribution in [1.82, 2.24) is 14.7 Å². The summed E-state index contributed by atoms with van der Waals surface area (Å²) in [5.41, 5.74) is 6.28. The fraction of sp³-hybridized carbons (Fsp3) is 0.333. The van der Waals surface area contributed by atoms with E-state index in [0.29, 0.717) is 33.5 Å². The number of nitrogens with zero attached hydrogens (tertiary/aromatic N) is 2. The largest absolute Gasteiger partial charge is 0.494 e. The van der Waals surface area contributed by atoms with Crippen molar-refractivity contribution in [3.05, 3.63) is 47.0 Å². The maximum atomic E-state index is 12.9. The summed E-state index contributed by atoms with van der Waals surface area (Å²) in [6.07, 6.45) is 2.75. The molecule has 1 amide bonds. The van der Waals surface area contributed by atoms with E-state index in [1.54, 1.807) is 23.5 Å². The van der Waals surface area contributed by atoms with E-state index in [1.165, 1.54) is 35.6 Å². The van der Waals surface area contributed by atoms with Crippen LogP contribution in [0.4, 0.5) is 5.13 Å². The molecule has 1 saturated heterocycles. The summed E-state index contributed by atoms with van der Waals surface area (Å²) in [4.78, 5) is 17.1. The van der Waals surface area contributed by atoms with Crippen LogP contribution in [0.15, 0.2) is 41.3 Å². The predicted octanol–water partition coefficient (Wildman–Crippen LogP) is 4.28. The van der Waals surface area contributed by atoms with Crippen LogP contribution in [0.2, 0.25) is 5.02 Å². The number of rotatable bonds is 6. The normalized spacial score (nSPS) is 17.3. The van der Waals surface area contributed by atoms with Gasteiger partial charge in [0.1, 0.15) is 11.3 Å². The van der Waals surface area contributed by atoms with E-state index < -0.39 is 15.9 Å². The second-order valence-corrected chi connectivity index (χ2v) is 10.8. The van der Waals surface area contributed by atoms with Gasteiger partial charge in [0.25, 0.3) is 5.91 Å². The van der Waals surface area contributed by atoms with Crippen LogP contribution in [0.1, 0.15) is 36.5 Å². The number of ether oxygens (including phenoxy) is 1. The fourth-order valence-corrected chi connectivity index (χ4v) is 6.50. The quantitative estimate of drug-likeness (QED) is 0.496. The zero-order valence-corrected chi connectivity index (χ0v) is 20.0. The van der Waals surface area contributed by atoms with Crippen molar-refractivity contribution >= 4 is 54.2 Å². The first-order valence-corrected chi connectivity index (χ1v) is 12.8. The molecule has 0 spiro atoms. The highest BCUT2D eigenvalue weighted by Crippen LogP contribution is 2.37. The second kappa shape index (κ2) is 9.22. The van der Waals surface area contributed by atoms with Crippen LogP contribution in [-0.2, 0) is 10.0 Å². The fourth-order valence-electron chi connectivity index (χ4n) is 3.70. The van der Waals surface area contributed by atoms with Crippen LogP contribution in [0.5, 0.6) is 5.75 Å². The highest BCUT2D eigenvalue weighted by Gasteiger charge is 2.30. The van der Waals surface area contributed by atoms with Crippen LogP contribution in [0, 0.1) is 0 Å². The molecule has 11 heteroatoms. The Hall–Kier alpha value is -2.40. The maximum Gasteiger partial charge on any atom is 0.269 e. The molecule has 3 aromatic rings. The summed E-state index contributed by atoms with van der Waals surface area (Å²) >= 11 is 7.50. The Kier molecular flexibility index (Phi) is 6.57. The second-order valence-electron chi connectivity index (χ2n) is 7.51. The van der Waals surface area contributed by atoms with E-state index in [-0.39, 0.29) is 10.9 Å². The standard InChI is InChI=1S/C21H23ClN4O4S2/c1-13-5-3-4-12-26(13)32(28,29)15-8-6-14(7-9-15)20(27)24-25-21-23-18-17(30-2)11-10-16(22)19(18)31-21/h6-11,13H,3-5,12H2,1-2H3,(H,23,25)(H,24,27). The monoisotopic (exact) mass is 494 g/mol. The lowest BCUT2D eigenvalue weighted by atomic mass is 10.1. The van der Waals surface area contributed by atoms with Crippen molar-refractivity contribution in [2.24, 2.45) is 0 Å². The van der Waals surface area contributed by atoms with Gasteiger partial charge >= 0.3 is 0 Å². The van der Waals surface area contributed by atoms with Crippen molar-refractivity contribution in [1.29, 1.82) is 0 Å². The van der Waals surface area contributed by atoms with Crippen LogP contribution in [-0.4, -0.2) is 43.3 Å². The Morgan fingerprint density at radius 2 is 1.97 bits per heavy atom. The molecule has 32 heavy (non-hydrogen) atoms. The van der Waals surface area contributed by atoms with Gasteiger partial charge in [-0.1, -0.05) is 29.4 Å². The van der Waals surface area contributed by atoms with Gasteiger partial charge < -0.3 is 4.74 Å². The molecule has 2 heterocycles. The minimum absolute atomic E-state index is 0.0261. The molecule has 1 unspecified atom stereocenters. The number of carbonyl (C=O) groups is 1. The topological polar surface area (TPSA) is 101 Å². The van der Waals surface area contributed by atoms with Gasteiger partial charge in [-0.2, -0.15) is 4.31 Å². The Morgan fingerprint density at radius 3 is 2.66 bits per heavy atom. The van der Waals surface area contributed by atoms with Crippen LogP contribution < -0.4 is 15.6 Å². The third kappa shape index (κ3) is 4.40. The molecule has 2 aromatic carbocycles. The number of methoxy groups -OCH3 is 1. The number of hydrogen-bond donors (Lipinski definition) is 2. The summed E-state index contributed by atoms with van der Waals surface area (Å²) in [5, 5.41) is 0.982. The molecule has 170 valence electrons. The number of anilines is 1. The summed E-state index contributed by atoms with van der Waals surface area (Å²) < 4.78 is 33.5. The third-order valence-electron chi connectivity index (χ3n) is 5.43. The number of hydrazine groups is 1. The van der Waals surface area contributed by atoms with Crippen LogP contribution in [0.3, 0.4) is 0 Å². The Balaban J connectivity index is 1.45. The Labute approximate surface area is 195 Å². The van der Waals surface area contributed by atoms with E-state index in [4.69, 9.17) is 16.3 Å². The van der Waals surface area contributed by atoms with Gasteiger partial charge in [0.2, 0.25) is 15.2 Å². The van der Waals surface area contributed by atoms with Gasteiger partial charge in [-0.25, -0.2) is 13.4 Å². The smallest absolute Gasteiger partial charge is 0.269 e. The summed E-state index contributed by atoms with van der Waals surface area (Å²) in [5.74, 6) is 0.164. The number of hydrogen-bond acceptors (Lipinski definition) is 7. The van der Waals surface area contributed by atoms with E-state index >= 15 is 0 Å². The van der Waals surface area contributed by atoms with E-state index in [9.17, 15) is 13.2 Å². The molecular formula is C21H23ClN4O4S2. The van der Waals surface area contributed by atoms with Gasteiger partial charge in [-0.15, -0.1) is 0 Å². The van der Waals surface area contributed by atoms with E-state index in [1.807, 2.05) is 6.92 Å². The molecular weight excluding hydrogens is 472 g/mol. The van der Waals surface area contributed by atoms with Gasteiger partial charge in [0.05, 0.1) is 21.7 Å². The summed E-state index contributed by atoms with van der Waals surface area (Å²) in [6.45, 7) is 2.45. The number of benzene rings is 2. The minimum Gasteiger partial charge on any atom is -0.494 e. The lowest BCUT2D eigenvalue weighted by Gasteiger charge is -2.32. The van der Waals surface area contributed by atoms with Crippen LogP contribution in [0.25, 0.3) is 10.2 Å². The van der Waals surface area contributed by atoms with E-state index in [2.05, 4.69) is 15.8 Å². The van der Waals surface area contributed by atoms with Crippen LogP contribution >= 0.6 is 22.9 Å². The zero-order valence-electron chi connectivity index (χ0n) is 17.6. The third-order valence-corrected chi connectivity index (χ3v) is 8.89. The Morgan fingerprint density at radius 1 is 1.22 bits per heavy atom. The first kappa shape index (κ1) is 22.8. The lowest BCUT2D eigenvalue weighted by molar-refractivity contribution is 0.0962. The van der Waals surface area contributed by atoms with Crippen molar-refractivity contribution < 1.29 is 17.9 Å². The average Bonchev–Trinajstić information content (AvgIpc) is 3.23. The first-order chi connectivity index (χ1) is 15.3. The number of amides is 1. The van der Waals surface area contributed by atoms with Gasteiger partial charge in [0, 0.05) is 18.2 Å². The molecule has 8 nitrogen and oxygen atoms in total. The highest BCUT2D eigenvalue weighted by molar-refractivity contribution is 7.89. The number of sulfonamides is 1.